The first-order chi connectivity index (χ1) is 7.34. The van der Waals surface area contributed by atoms with Gasteiger partial charge in [-0.3, -0.25) is 14.9 Å². The lowest BCUT2D eigenvalue weighted by molar-refractivity contribution is -0.386. The van der Waals surface area contributed by atoms with Crippen molar-refractivity contribution in [1.82, 2.24) is 0 Å². The van der Waals surface area contributed by atoms with Crippen LogP contribution in [0, 0.1) is 13.7 Å². The summed E-state index contributed by atoms with van der Waals surface area (Å²) in [4.78, 5) is 20.8. The lowest BCUT2D eigenvalue weighted by atomic mass is 10.0. The molecular weight excluding hydrogens is 335 g/mol. The Kier molecular flexibility index (Phi) is 3.89. The lowest BCUT2D eigenvalue weighted by Crippen LogP contribution is -2.05. The van der Waals surface area contributed by atoms with Gasteiger partial charge >= 0.3 is 0 Å². The topological polar surface area (TPSA) is 60.2 Å². The van der Waals surface area contributed by atoms with Crippen molar-refractivity contribution in [2.24, 2.45) is 0 Å². The third-order valence-corrected chi connectivity index (χ3v) is 2.54. The number of rotatable bonds is 3. The van der Waals surface area contributed by atoms with Gasteiger partial charge in [0.05, 0.1) is 4.92 Å². The van der Waals surface area contributed by atoms with Gasteiger partial charge in [0.1, 0.15) is 5.56 Å². The summed E-state index contributed by atoms with van der Waals surface area (Å²) in [6, 6.07) is 2.24. The monoisotopic (exact) mass is 341 g/mol. The fourth-order valence-electron chi connectivity index (χ4n) is 1.28. The second-order valence-electron chi connectivity index (χ2n) is 3.00. The second kappa shape index (κ2) is 4.81. The number of ketones is 1. The van der Waals surface area contributed by atoms with Crippen LogP contribution in [0.4, 0.5) is 14.5 Å². The molecule has 0 aliphatic rings. The average molecular weight is 341 g/mol. The number of nitro groups is 1. The zero-order valence-corrected chi connectivity index (χ0v) is 10.2. The number of carbonyl (C=O) groups excluding carboxylic acids is 1. The molecule has 0 aliphatic heterocycles. The summed E-state index contributed by atoms with van der Waals surface area (Å²) in [6.45, 7) is 1.10. The Morgan fingerprint density at radius 3 is 2.44 bits per heavy atom. The van der Waals surface area contributed by atoms with Gasteiger partial charge in [0.2, 0.25) is 0 Å². The highest BCUT2D eigenvalue weighted by atomic mass is 127. The molecule has 0 saturated heterocycles. The first kappa shape index (κ1) is 12.9. The summed E-state index contributed by atoms with van der Waals surface area (Å²) in [6.07, 6.45) is -3.05. The van der Waals surface area contributed by atoms with Crippen LogP contribution in [0.5, 0.6) is 0 Å². The molecule has 0 atom stereocenters. The zero-order valence-electron chi connectivity index (χ0n) is 8.04. The van der Waals surface area contributed by atoms with E-state index >= 15 is 0 Å². The minimum Gasteiger partial charge on any atom is -0.294 e. The summed E-state index contributed by atoms with van der Waals surface area (Å²) in [5.41, 5.74) is -1.82. The Morgan fingerprint density at radius 2 is 2.06 bits per heavy atom. The van der Waals surface area contributed by atoms with Gasteiger partial charge < -0.3 is 0 Å². The van der Waals surface area contributed by atoms with Gasteiger partial charge in [0.15, 0.2) is 5.78 Å². The van der Waals surface area contributed by atoms with E-state index in [0.717, 1.165) is 13.0 Å². The fraction of sp³-hybridized carbons (Fsp3) is 0.222. The predicted molar refractivity (Wildman–Crippen MR) is 60.8 cm³/mol. The van der Waals surface area contributed by atoms with Crippen LogP contribution in [-0.4, -0.2) is 10.7 Å². The molecule has 1 aromatic rings. The number of benzene rings is 1. The molecule has 86 valence electrons. The molecule has 0 aromatic heterocycles. The number of hydrogen-bond acceptors (Lipinski definition) is 3. The van der Waals surface area contributed by atoms with Crippen LogP contribution >= 0.6 is 22.6 Å². The number of alkyl halides is 2. The Labute approximate surface area is 103 Å². The molecular formula is C9H6F2INO3. The molecule has 4 nitrogen and oxygen atoms in total. The highest BCUT2D eigenvalue weighted by molar-refractivity contribution is 14.1. The molecule has 1 aromatic carbocycles. The van der Waals surface area contributed by atoms with E-state index in [1.807, 2.05) is 0 Å². The van der Waals surface area contributed by atoms with E-state index in [4.69, 9.17) is 0 Å². The number of Topliss-reactive ketones (excluding diaryl/α,β-unsaturated/α-hetero) is 1. The minimum absolute atomic E-state index is 0.298. The highest BCUT2D eigenvalue weighted by Gasteiger charge is 2.27. The van der Waals surface area contributed by atoms with Gasteiger partial charge in [-0.15, -0.1) is 0 Å². The molecule has 0 radical (unpaired) electrons. The standard InChI is InChI=1S/C9H6F2INO3/c1-4(14)6-2-5(12)3-7(13(15)16)8(6)9(10)11/h2-3,9H,1H3. The van der Waals surface area contributed by atoms with Gasteiger partial charge in [-0.2, -0.15) is 0 Å². The first-order valence-corrected chi connectivity index (χ1v) is 5.19. The van der Waals surface area contributed by atoms with E-state index in [9.17, 15) is 23.7 Å². The summed E-state index contributed by atoms with van der Waals surface area (Å²) in [5.74, 6) is -0.614. The van der Waals surface area contributed by atoms with Gasteiger partial charge in [-0.1, -0.05) is 0 Å². The van der Waals surface area contributed by atoms with Crippen molar-refractivity contribution in [2.75, 3.05) is 0 Å². The molecule has 16 heavy (non-hydrogen) atoms. The Morgan fingerprint density at radius 1 is 1.50 bits per heavy atom. The van der Waals surface area contributed by atoms with Crippen LogP contribution < -0.4 is 0 Å². The Balaban J connectivity index is 3.60. The smallest absolute Gasteiger partial charge is 0.280 e. The van der Waals surface area contributed by atoms with Crippen LogP contribution in [0.15, 0.2) is 12.1 Å². The summed E-state index contributed by atoms with van der Waals surface area (Å²) in [7, 11) is 0. The van der Waals surface area contributed by atoms with Crippen LogP contribution in [0.2, 0.25) is 0 Å². The molecule has 7 heteroatoms. The molecule has 0 amide bonds. The van der Waals surface area contributed by atoms with E-state index in [2.05, 4.69) is 0 Å². The predicted octanol–water partition coefficient (Wildman–Crippen LogP) is 3.34. The normalized spacial score (nSPS) is 10.6. The largest absolute Gasteiger partial charge is 0.294 e. The maximum atomic E-state index is 12.7. The van der Waals surface area contributed by atoms with Crippen molar-refractivity contribution < 1.29 is 18.5 Å². The minimum atomic E-state index is -3.05. The van der Waals surface area contributed by atoms with E-state index in [1.165, 1.54) is 6.07 Å². The number of nitro benzene ring substituents is 1. The van der Waals surface area contributed by atoms with Crippen molar-refractivity contribution in [1.29, 1.82) is 0 Å². The zero-order chi connectivity index (χ0) is 12.5. The van der Waals surface area contributed by atoms with Crippen LogP contribution in [0.25, 0.3) is 0 Å². The molecule has 0 spiro atoms. The summed E-state index contributed by atoms with van der Waals surface area (Å²) >= 11 is 1.74. The maximum absolute atomic E-state index is 12.7. The fourth-order valence-corrected chi connectivity index (χ4v) is 1.88. The number of hydrogen-bond donors (Lipinski definition) is 0. The molecule has 0 N–H and O–H groups in total. The van der Waals surface area contributed by atoms with E-state index in [0.29, 0.717) is 3.57 Å². The molecule has 0 unspecified atom stereocenters. The molecule has 0 saturated carbocycles. The van der Waals surface area contributed by atoms with Crippen molar-refractivity contribution in [2.45, 2.75) is 13.3 Å². The van der Waals surface area contributed by atoms with Crippen molar-refractivity contribution >= 4 is 34.1 Å². The third kappa shape index (κ3) is 2.52. The number of carbonyl (C=O) groups is 1. The molecule has 0 fully saturated rings. The Bertz CT molecular complexity index is 427. The van der Waals surface area contributed by atoms with Crippen molar-refractivity contribution in [3.63, 3.8) is 0 Å². The van der Waals surface area contributed by atoms with E-state index in [-0.39, 0.29) is 5.56 Å². The molecule has 0 bridgehead atoms. The first-order valence-electron chi connectivity index (χ1n) is 4.11. The van der Waals surface area contributed by atoms with Crippen molar-refractivity contribution in [3.8, 4) is 0 Å². The summed E-state index contributed by atoms with van der Waals surface area (Å²) in [5, 5.41) is 10.6. The van der Waals surface area contributed by atoms with Crippen LogP contribution in [0.1, 0.15) is 29.3 Å². The summed E-state index contributed by atoms with van der Waals surface area (Å²) < 4.78 is 25.7. The highest BCUT2D eigenvalue weighted by Crippen LogP contribution is 2.33. The Hall–Kier alpha value is -1.12. The number of nitrogens with zero attached hydrogens (tertiary/aromatic N) is 1. The van der Waals surface area contributed by atoms with Crippen molar-refractivity contribution in [3.05, 3.63) is 36.9 Å². The van der Waals surface area contributed by atoms with Crippen LogP contribution in [-0.2, 0) is 0 Å². The maximum Gasteiger partial charge on any atom is 0.280 e. The number of halogens is 3. The van der Waals surface area contributed by atoms with Gasteiger partial charge in [0, 0.05) is 15.2 Å². The SMILES string of the molecule is CC(=O)c1cc(I)cc([N+](=O)[O-])c1C(F)F. The lowest BCUT2D eigenvalue weighted by Gasteiger charge is -2.07. The molecule has 0 heterocycles. The van der Waals surface area contributed by atoms with E-state index < -0.39 is 28.4 Å². The third-order valence-electron chi connectivity index (χ3n) is 1.92. The van der Waals surface area contributed by atoms with Gasteiger partial charge in [-0.25, -0.2) is 8.78 Å². The average Bonchev–Trinajstić information content (AvgIpc) is 2.15. The second-order valence-corrected chi connectivity index (χ2v) is 4.25. The van der Waals surface area contributed by atoms with Gasteiger partial charge in [-0.05, 0) is 35.6 Å². The quantitative estimate of drug-likeness (QED) is 0.367. The molecule has 0 aliphatic carbocycles. The van der Waals surface area contributed by atoms with Gasteiger partial charge in [0.25, 0.3) is 12.1 Å². The van der Waals surface area contributed by atoms with E-state index in [1.54, 1.807) is 22.6 Å². The molecule has 1 rings (SSSR count). The van der Waals surface area contributed by atoms with Crippen LogP contribution in [0.3, 0.4) is 0 Å².